The lowest BCUT2D eigenvalue weighted by molar-refractivity contribution is 0.129. The molecule has 3 heterocycles. The molecule has 0 spiro atoms. The predicted molar refractivity (Wildman–Crippen MR) is 94.8 cm³/mol. The topological polar surface area (TPSA) is 30.9 Å². The third-order valence-electron chi connectivity index (χ3n) is 4.67. The number of hydrogen-bond donors (Lipinski definition) is 1. The van der Waals surface area contributed by atoms with E-state index in [0.29, 0.717) is 10.2 Å². The van der Waals surface area contributed by atoms with Gasteiger partial charge in [0.15, 0.2) is 5.17 Å². The zero-order valence-electron chi connectivity index (χ0n) is 13.5. The Labute approximate surface area is 139 Å². The number of thioether (sulfide) groups is 1. The first-order chi connectivity index (χ1) is 9.46. The van der Waals surface area contributed by atoms with E-state index in [9.17, 15) is 0 Å². The van der Waals surface area contributed by atoms with Crippen molar-refractivity contribution >= 4 is 29.3 Å². The zero-order chi connectivity index (χ0) is 14.2. The van der Waals surface area contributed by atoms with E-state index in [1.165, 1.54) is 44.3 Å². The molecule has 1 unspecified atom stereocenters. The van der Waals surface area contributed by atoms with Crippen molar-refractivity contribution in [2.45, 2.75) is 31.9 Å². The number of aliphatic imine (C=N–C) groups is 1. The summed E-state index contributed by atoms with van der Waals surface area (Å²) in [4.78, 5) is 9.87. The van der Waals surface area contributed by atoms with Gasteiger partial charge >= 0.3 is 0 Å². The molecule has 2 fully saturated rings. The van der Waals surface area contributed by atoms with E-state index >= 15 is 0 Å². The lowest BCUT2D eigenvalue weighted by Gasteiger charge is -2.39. The summed E-state index contributed by atoms with van der Waals surface area (Å²) in [5.74, 6) is 0. The van der Waals surface area contributed by atoms with E-state index in [2.05, 4.69) is 35.9 Å². The molecular weight excluding hydrogens is 304 g/mol. The number of nitrogens with one attached hydrogen (secondary N) is 1. The Kier molecular flexibility index (Phi) is 5.50. The van der Waals surface area contributed by atoms with Crippen LogP contribution in [-0.4, -0.2) is 72.1 Å². The fourth-order valence-electron chi connectivity index (χ4n) is 3.38. The minimum atomic E-state index is 0. The number of halogens is 1. The third-order valence-corrected chi connectivity index (χ3v) is 5.92. The molecule has 4 nitrogen and oxygen atoms in total. The Morgan fingerprint density at radius 2 is 1.90 bits per heavy atom. The molecule has 0 aromatic rings. The fraction of sp³-hybridized carbons (Fsp3) is 0.933. The average molecular weight is 333 g/mol. The van der Waals surface area contributed by atoms with Crippen molar-refractivity contribution in [1.29, 1.82) is 0 Å². The van der Waals surface area contributed by atoms with Gasteiger partial charge in [-0.2, -0.15) is 0 Å². The van der Waals surface area contributed by atoms with E-state index in [0.717, 1.165) is 19.6 Å². The van der Waals surface area contributed by atoms with E-state index in [-0.39, 0.29) is 12.4 Å². The van der Waals surface area contributed by atoms with Crippen molar-refractivity contribution in [1.82, 2.24) is 15.1 Å². The first kappa shape index (κ1) is 17.4. The SMILES string of the molecule is CC1(CN2CCN(C3=NCC(C)(C)S3)CC2)CCNC1.Cl. The summed E-state index contributed by atoms with van der Waals surface area (Å²) in [6, 6.07) is 0. The minimum Gasteiger partial charge on any atom is -0.349 e. The largest absolute Gasteiger partial charge is 0.349 e. The second-order valence-electron chi connectivity index (χ2n) is 7.46. The van der Waals surface area contributed by atoms with Crippen LogP contribution in [0.3, 0.4) is 0 Å². The molecule has 0 bridgehead atoms. The molecule has 6 heteroatoms. The number of piperazine rings is 1. The zero-order valence-corrected chi connectivity index (χ0v) is 15.2. The van der Waals surface area contributed by atoms with E-state index < -0.39 is 0 Å². The second-order valence-corrected chi connectivity index (χ2v) is 9.14. The summed E-state index contributed by atoms with van der Waals surface area (Å²) in [5, 5.41) is 4.79. The third kappa shape index (κ3) is 4.27. The van der Waals surface area contributed by atoms with Crippen molar-refractivity contribution < 1.29 is 0 Å². The molecule has 0 saturated carbocycles. The fourth-order valence-corrected chi connectivity index (χ4v) is 4.44. The van der Waals surface area contributed by atoms with Crippen LogP contribution in [0, 0.1) is 5.41 Å². The molecule has 3 rings (SSSR count). The van der Waals surface area contributed by atoms with E-state index in [4.69, 9.17) is 4.99 Å². The van der Waals surface area contributed by atoms with Crippen LogP contribution >= 0.6 is 24.2 Å². The molecule has 122 valence electrons. The molecule has 0 amide bonds. The summed E-state index contributed by atoms with van der Waals surface area (Å²) in [6.07, 6.45) is 1.32. The van der Waals surface area contributed by atoms with Crippen LogP contribution in [0.5, 0.6) is 0 Å². The van der Waals surface area contributed by atoms with Gasteiger partial charge in [0.05, 0.1) is 6.54 Å². The minimum absolute atomic E-state index is 0. The number of rotatable bonds is 2. The predicted octanol–water partition coefficient (Wildman–Crippen LogP) is 1.91. The van der Waals surface area contributed by atoms with Gasteiger partial charge in [0.2, 0.25) is 0 Å². The highest BCUT2D eigenvalue weighted by molar-refractivity contribution is 8.15. The summed E-state index contributed by atoms with van der Waals surface area (Å²) in [6.45, 7) is 16.3. The average Bonchev–Trinajstić information content (AvgIpc) is 2.97. The Morgan fingerprint density at radius 1 is 1.19 bits per heavy atom. The smallest absolute Gasteiger partial charge is 0.159 e. The summed E-state index contributed by atoms with van der Waals surface area (Å²) in [7, 11) is 0. The van der Waals surface area contributed by atoms with Crippen molar-refractivity contribution in [2.24, 2.45) is 10.4 Å². The highest BCUT2D eigenvalue weighted by Gasteiger charge is 2.34. The number of nitrogens with zero attached hydrogens (tertiary/aromatic N) is 3. The van der Waals surface area contributed by atoms with Crippen LogP contribution in [0.4, 0.5) is 0 Å². The highest BCUT2D eigenvalue weighted by Crippen LogP contribution is 2.34. The van der Waals surface area contributed by atoms with Gasteiger partial charge in [-0.25, -0.2) is 0 Å². The van der Waals surface area contributed by atoms with E-state index in [1.807, 2.05) is 11.8 Å². The quantitative estimate of drug-likeness (QED) is 0.837. The lowest BCUT2D eigenvalue weighted by atomic mass is 9.89. The Bertz CT molecular complexity index is 385. The van der Waals surface area contributed by atoms with E-state index in [1.54, 1.807) is 0 Å². The molecule has 3 aliphatic heterocycles. The maximum absolute atomic E-state index is 4.73. The maximum Gasteiger partial charge on any atom is 0.159 e. The van der Waals surface area contributed by atoms with Crippen molar-refractivity contribution in [3.63, 3.8) is 0 Å². The molecule has 1 atom stereocenters. The molecule has 2 saturated heterocycles. The molecule has 1 N–H and O–H groups in total. The van der Waals surface area contributed by atoms with Crippen molar-refractivity contribution in [3.8, 4) is 0 Å². The first-order valence-electron chi connectivity index (χ1n) is 7.87. The van der Waals surface area contributed by atoms with Gasteiger partial charge in [-0.1, -0.05) is 18.7 Å². The molecule has 21 heavy (non-hydrogen) atoms. The summed E-state index contributed by atoms with van der Waals surface area (Å²) in [5.41, 5.74) is 0.490. The van der Waals surface area contributed by atoms with Gasteiger partial charge in [-0.05, 0) is 32.2 Å². The molecule has 0 aromatic carbocycles. The Hall–Kier alpha value is 0.0300. The standard InChI is InChI=1S/C15H28N4S.ClH/c1-14(2)10-17-13(20-14)19-8-6-18(7-9-19)12-15(3)4-5-16-11-15;/h16H,4-12H2,1-3H3;1H. The molecular formula is C15H29ClN4S. The van der Waals surface area contributed by atoms with Gasteiger partial charge in [0.25, 0.3) is 0 Å². The molecule has 0 aliphatic carbocycles. The van der Waals surface area contributed by atoms with Crippen molar-refractivity contribution in [2.75, 3.05) is 52.4 Å². The normalized spacial score (nSPS) is 32.9. The Balaban J connectivity index is 0.00000161. The number of hydrogen-bond acceptors (Lipinski definition) is 5. The summed E-state index contributed by atoms with van der Waals surface area (Å²) < 4.78 is 0.301. The van der Waals surface area contributed by atoms with Gasteiger partial charge in [0, 0.05) is 44.0 Å². The van der Waals surface area contributed by atoms with Gasteiger partial charge in [0.1, 0.15) is 0 Å². The molecule has 0 aromatic heterocycles. The maximum atomic E-state index is 4.73. The first-order valence-corrected chi connectivity index (χ1v) is 8.69. The van der Waals surface area contributed by atoms with Gasteiger partial charge < -0.3 is 10.2 Å². The van der Waals surface area contributed by atoms with Crippen LogP contribution < -0.4 is 5.32 Å². The molecule has 0 radical (unpaired) electrons. The van der Waals surface area contributed by atoms with Crippen LogP contribution in [-0.2, 0) is 0 Å². The van der Waals surface area contributed by atoms with Crippen LogP contribution in [0.1, 0.15) is 27.2 Å². The summed E-state index contributed by atoms with van der Waals surface area (Å²) >= 11 is 1.96. The lowest BCUT2D eigenvalue weighted by Crippen LogP contribution is -2.50. The van der Waals surface area contributed by atoms with Crippen LogP contribution in [0.15, 0.2) is 4.99 Å². The van der Waals surface area contributed by atoms with Gasteiger partial charge in [-0.3, -0.25) is 9.89 Å². The van der Waals surface area contributed by atoms with Crippen LogP contribution in [0.2, 0.25) is 0 Å². The van der Waals surface area contributed by atoms with Gasteiger partial charge in [-0.15, -0.1) is 12.4 Å². The highest BCUT2D eigenvalue weighted by atomic mass is 35.5. The van der Waals surface area contributed by atoms with Crippen molar-refractivity contribution in [3.05, 3.63) is 0 Å². The monoisotopic (exact) mass is 332 g/mol. The number of amidine groups is 1. The Morgan fingerprint density at radius 3 is 2.43 bits per heavy atom. The van der Waals surface area contributed by atoms with Crippen LogP contribution in [0.25, 0.3) is 0 Å². The second kappa shape index (κ2) is 6.65. The molecule has 3 aliphatic rings.